The number of aryl methyl sites for hydroxylation is 1. The summed E-state index contributed by atoms with van der Waals surface area (Å²) in [6.45, 7) is 3.12. The van der Waals surface area contributed by atoms with Crippen LogP contribution in [0.2, 0.25) is 0 Å². The molecular weight excluding hydrogens is 334 g/mol. The van der Waals surface area contributed by atoms with Gasteiger partial charge in [0.25, 0.3) is 5.91 Å². The van der Waals surface area contributed by atoms with Gasteiger partial charge in [0.15, 0.2) is 15.7 Å². The number of sulfone groups is 1. The lowest BCUT2D eigenvalue weighted by atomic mass is 10.0. The van der Waals surface area contributed by atoms with Crippen molar-refractivity contribution in [2.45, 2.75) is 25.3 Å². The molecule has 128 valence electrons. The van der Waals surface area contributed by atoms with Crippen molar-refractivity contribution in [1.82, 2.24) is 9.78 Å². The zero-order chi connectivity index (χ0) is 18.1. The molecule has 0 saturated heterocycles. The van der Waals surface area contributed by atoms with E-state index in [-0.39, 0.29) is 22.8 Å². The molecule has 8 nitrogen and oxygen atoms in total. The summed E-state index contributed by atoms with van der Waals surface area (Å²) in [6.07, 6.45) is 2.50. The third-order valence-corrected chi connectivity index (χ3v) is 4.59. The van der Waals surface area contributed by atoms with E-state index in [0.29, 0.717) is 11.1 Å². The predicted octanol–water partition coefficient (Wildman–Crippen LogP) is 1.24. The second-order valence-electron chi connectivity index (χ2n) is 5.43. The molecular formula is C15H17N3O5S. The number of carboxylic acid groups (broad SMARTS) is 1. The normalized spacial score (nSPS) is 11.3. The van der Waals surface area contributed by atoms with Gasteiger partial charge < -0.3 is 10.4 Å². The maximum absolute atomic E-state index is 12.4. The highest BCUT2D eigenvalue weighted by molar-refractivity contribution is 7.90. The van der Waals surface area contributed by atoms with Crippen molar-refractivity contribution >= 4 is 27.5 Å². The Morgan fingerprint density at radius 2 is 1.96 bits per heavy atom. The van der Waals surface area contributed by atoms with E-state index >= 15 is 0 Å². The second kappa shape index (κ2) is 6.44. The Labute approximate surface area is 139 Å². The van der Waals surface area contributed by atoms with Gasteiger partial charge in [0, 0.05) is 24.1 Å². The minimum absolute atomic E-state index is 0.0622. The van der Waals surface area contributed by atoms with Gasteiger partial charge in [-0.25, -0.2) is 8.42 Å². The summed E-state index contributed by atoms with van der Waals surface area (Å²) in [5, 5.41) is 15.2. The molecule has 0 aliphatic heterocycles. The summed E-state index contributed by atoms with van der Waals surface area (Å²) in [5.41, 5.74) is 1.56. The smallest absolute Gasteiger partial charge is 0.325 e. The van der Waals surface area contributed by atoms with Gasteiger partial charge in [0.05, 0.1) is 4.90 Å². The summed E-state index contributed by atoms with van der Waals surface area (Å²) < 4.78 is 24.6. The zero-order valence-corrected chi connectivity index (χ0v) is 14.2. The first-order valence-corrected chi connectivity index (χ1v) is 8.85. The van der Waals surface area contributed by atoms with Crippen molar-refractivity contribution in [2.24, 2.45) is 0 Å². The van der Waals surface area contributed by atoms with Crippen LogP contribution < -0.4 is 5.32 Å². The quantitative estimate of drug-likeness (QED) is 0.837. The van der Waals surface area contributed by atoms with E-state index in [9.17, 15) is 18.0 Å². The van der Waals surface area contributed by atoms with Crippen LogP contribution in [0, 0.1) is 13.8 Å². The van der Waals surface area contributed by atoms with E-state index in [4.69, 9.17) is 5.11 Å². The van der Waals surface area contributed by atoms with Gasteiger partial charge in [-0.05, 0) is 37.1 Å². The largest absolute Gasteiger partial charge is 0.480 e. The number of carboxylic acids is 1. The van der Waals surface area contributed by atoms with Gasteiger partial charge >= 0.3 is 5.97 Å². The van der Waals surface area contributed by atoms with Crippen LogP contribution in [0.3, 0.4) is 0 Å². The van der Waals surface area contributed by atoms with Crippen molar-refractivity contribution in [3.63, 3.8) is 0 Å². The fourth-order valence-corrected chi connectivity index (χ4v) is 2.84. The van der Waals surface area contributed by atoms with E-state index in [0.717, 1.165) is 6.26 Å². The van der Waals surface area contributed by atoms with Gasteiger partial charge in [-0.15, -0.1) is 0 Å². The summed E-state index contributed by atoms with van der Waals surface area (Å²) in [6, 6.07) is 4.30. The monoisotopic (exact) mass is 351 g/mol. The van der Waals surface area contributed by atoms with Crippen molar-refractivity contribution in [3.05, 3.63) is 41.1 Å². The van der Waals surface area contributed by atoms with Crippen molar-refractivity contribution in [3.8, 4) is 0 Å². The van der Waals surface area contributed by atoms with Crippen LogP contribution in [0.5, 0.6) is 0 Å². The zero-order valence-electron chi connectivity index (χ0n) is 13.4. The Morgan fingerprint density at radius 1 is 1.29 bits per heavy atom. The summed E-state index contributed by atoms with van der Waals surface area (Å²) in [5.74, 6) is -1.38. The SMILES string of the molecule is Cc1cc(S(C)(=O)=O)cc(C(=O)Nc2ccn(CC(=O)O)n2)c1C. The third kappa shape index (κ3) is 3.99. The van der Waals surface area contributed by atoms with E-state index in [1.165, 1.54) is 29.1 Å². The van der Waals surface area contributed by atoms with Gasteiger partial charge in [-0.3, -0.25) is 14.3 Å². The van der Waals surface area contributed by atoms with Crippen LogP contribution in [0.4, 0.5) is 5.82 Å². The topological polar surface area (TPSA) is 118 Å². The number of nitrogens with one attached hydrogen (secondary N) is 1. The van der Waals surface area contributed by atoms with Crippen LogP contribution >= 0.6 is 0 Å². The predicted molar refractivity (Wildman–Crippen MR) is 86.8 cm³/mol. The number of carbonyl (C=O) groups is 2. The Bertz CT molecular complexity index is 915. The van der Waals surface area contributed by atoms with Crippen molar-refractivity contribution in [2.75, 3.05) is 11.6 Å². The molecule has 2 rings (SSSR count). The van der Waals surface area contributed by atoms with E-state index in [1.807, 2.05) is 0 Å². The summed E-state index contributed by atoms with van der Waals surface area (Å²) in [7, 11) is -3.45. The molecule has 0 aliphatic carbocycles. The molecule has 1 amide bonds. The number of hydrogen-bond donors (Lipinski definition) is 2. The molecule has 24 heavy (non-hydrogen) atoms. The molecule has 0 atom stereocenters. The number of carbonyl (C=O) groups excluding carboxylic acids is 1. The highest BCUT2D eigenvalue weighted by Crippen LogP contribution is 2.21. The lowest BCUT2D eigenvalue weighted by Crippen LogP contribution is -2.16. The molecule has 9 heteroatoms. The minimum Gasteiger partial charge on any atom is -0.480 e. The average Bonchev–Trinajstić information content (AvgIpc) is 2.86. The maximum Gasteiger partial charge on any atom is 0.325 e. The van der Waals surface area contributed by atoms with Crippen LogP contribution in [0.25, 0.3) is 0 Å². The summed E-state index contributed by atoms with van der Waals surface area (Å²) in [4.78, 5) is 23.1. The fraction of sp³-hybridized carbons (Fsp3) is 0.267. The van der Waals surface area contributed by atoms with Crippen LogP contribution in [-0.4, -0.2) is 41.4 Å². The van der Waals surface area contributed by atoms with Gasteiger partial charge in [-0.2, -0.15) is 5.10 Å². The standard InChI is InChI=1S/C15H17N3O5S/c1-9-6-11(24(3,22)23)7-12(10(9)2)15(21)16-13-4-5-18(17-13)8-14(19)20/h4-7H,8H2,1-3H3,(H,19,20)(H,16,17,21). The molecule has 1 heterocycles. The Hall–Kier alpha value is -2.68. The molecule has 2 aromatic rings. The molecule has 0 unspecified atom stereocenters. The molecule has 2 N–H and O–H groups in total. The molecule has 0 aliphatic rings. The molecule has 0 fully saturated rings. The number of rotatable bonds is 5. The van der Waals surface area contributed by atoms with Crippen LogP contribution in [0.15, 0.2) is 29.3 Å². The number of amides is 1. The maximum atomic E-state index is 12.4. The van der Waals surface area contributed by atoms with Gasteiger partial charge in [-0.1, -0.05) is 0 Å². The molecule has 0 radical (unpaired) electrons. The number of benzene rings is 1. The van der Waals surface area contributed by atoms with E-state index < -0.39 is 21.7 Å². The second-order valence-corrected chi connectivity index (χ2v) is 7.45. The number of nitrogens with zero attached hydrogens (tertiary/aromatic N) is 2. The van der Waals surface area contributed by atoms with Crippen LogP contribution in [0.1, 0.15) is 21.5 Å². The first-order chi connectivity index (χ1) is 11.1. The van der Waals surface area contributed by atoms with E-state index in [1.54, 1.807) is 13.8 Å². The first-order valence-electron chi connectivity index (χ1n) is 6.96. The van der Waals surface area contributed by atoms with Gasteiger partial charge in [0.1, 0.15) is 6.54 Å². The number of aromatic nitrogens is 2. The van der Waals surface area contributed by atoms with Crippen LogP contribution in [-0.2, 0) is 21.2 Å². The van der Waals surface area contributed by atoms with Crippen molar-refractivity contribution < 1.29 is 23.1 Å². The number of anilines is 1. The highest BCUT2D eigenvalue weighted by Gasteiger charge is 2.17. The molecule has 0 spiro atoms. The fourth-order valence-electron chi connectivity index (χ4n) is 2.11. The average molecular weight is 351 g/mol. The number of hydrogen-bond acceptors (Lipinski definition) is 5. The minimum atomic E-state index is -3.45. The summed E-state index contributed by atoms with van der Waals surface area (Å²) >= 11 is 0. The molecule has 1 aromatic carbocycles. The van der Waals surface area contributed by atoms with Crippen molar-refractivity contribution in [1.29, 1.82) is 0 Å². The molecule has 1 aromatic heterocycles. The molecule has 0 bridgehead atoms. The lowest BCUT2D eigenvalue weighted by molar-refractivity contribution is -0.137. The first kappa shape index (κ1) is 17.7. The third-order valence-electron chi connectivity index (χ3n) is 3.49. The van der Waals surface area contributed by atoms with Gasteiger partial charge in [0.2, 0.25) is 0 Å². The molecule has 0 saturated carbocycles. The lowest BCUT2D eigenvalue weighted by Gasteiger charge is -2.11. The Kier molecular flexibility index (Phi) is 4.74. The highest BCUT2D eigenvalue weighted by atomic mass is 32.2. The Balaban J connectivity index is 2.31. The Morgan fingerprint density at radius 3 is 2.54 bits per heavy atom. The van der Waals surface area contributed by atoms with E-state index in [2.05, 4.69) is 10.4 Å². The number of aliphatic carboxylic acids is 1.